The van der Waals surface area contributed by atoms with Crippen LogP contribution in [-0.4, -0.2) is 0 Å². The topological polar surface area (TPSA) is 35.8 Å². The molecule has 0 amide bonds. The first-order valence-electron chi connectivity index (χ1n) is 5.67. The first-order valence-corrected chi connectivity index (χ1v) is 6.81. The molecule has 0 aliphatic rings. The molecule has 2 aromatic rings. The van der Waals surface area contributed by atoms with Gasteiger partial charge < -0.3 is 5.32 Å². The molecule has 1 N–H and O–H groups in total. The maximum absolute atomic E-state index is 9.19. The summed E-state index contributed by atoms with van der Waals surface area (Å²) in [6.07, 6.45) is 1.60. The van der Waals surface area contributed by atoms with Crippen molar-refractivity contribution in [1.82, 2.24) is 0 Å². The van der Waals surface area contributed by atoms with Gasteiger partial charge in [-0.25, -0.2) is 0 Å². The van der Waals surface area contributed by atoms with Crippen molar-refractivity contribution in [3.8, 4) is 6.07 Å². The highest BCUT2D eigenvalue weighted by Crippen LogP contribution is 2.23. The smallest absolute Gasteiger partial charge is 0.101 e. The number of rotatable bonds is 3. The largest absolute Gasteiger partial charge is 0.360 e. The zero-order valence-corrected chi connectivity index (χ0v) is 12.5. The lowest BCUT2D eigenvalue weighted by Crippen LogP contribution is -1.91. The third-order valence-corrected chi connectivity index (χ3v) is 3.21. The van der Waals surface area contributed by atoms with E-state index in [4.69, 9.17) is 34.8 Å². The van der Waals surface area contributed by atoms with Gasteiger partial charge in [-0.15, -0.1) is 0 Å². The quantitative estimate of drug-likeness (QED) is 0.744. The minimum Gasteiger partial charge on any atom is -0.360 e. The van der Waals surface area contributed by atoms with E-state index < -0.39 is 0 Å². The van der Waals surface area contributed by atoms with Gasteiger partial charge >= 0.3 is 0 Å². The molecule has 0 unspecified atom stereocenters. The van der Waals surface area contributed by atoms with Crippen molar-refractivity contribution in [2.75, 3.05) is 5.32 Å². The summed E-state index contributed by atoms with van der Waals surface area (Å²) in [4.78, 5) is 0. The van der Waals surface area contributed by atoms with Crippen molar-refractivity contribution in [2.45, 2.75) is 0 Å². The predicted molar refractivity (Wildman–Crippen MR) is 85.1 cm³/mol. The Labute approximate surface area is 132 Å². The third-order valence-electron chi connectivity index (χ3n) is 2.52. The van der Waals surface area contributed by atoms with Gasteiger partial charge in [0, 0.05) is 27.0 Å². The lowest BCUT2D eigenvalue weighted by molar-refractivity contribution is 1.50. The van der Waals surface area contributed by atoms with Crippen molar-refractivity contribution in [2.24, 2.45) is 0 Å². The maximum Gasteiger partial charge on any atom is 0.101 e. The van der Waals surface area contributed by atoms with Crippen LogP contribution in [0.3, 0.4) is 0 Å². The normalized spacial score (nSPS) is 11.0. The number of hydrogen-bond donors (Lipinski definition) is 1. The Morgan fingerprint density at radius 2 is 1.55 bits per heavy atom. The Kier molecular flexibility index (Phi) is 4.92. The van der Waals surface area contributed by atoms with Gasteiger partial charge in [0.2, 0.25) is 0 Å². The van der Waals surface area contributed by atoms with Gasteiger partial charge in [-0.05, 0) is 35.9 Å². The predicted octanol–water partition coefficient (Wildman–Crippen LogP) is 5.62. The van der Waals surface area contributed by atoms with E-state index in [2.05, 4.69) is 11.4 Å². The van der Waals surface area contributed by atoms with Crippen LogP contribution < -0.4 is 5.32 Å². The molecular formula is C15H9Cl3N2. The van der Waals surface area contributed by atoms with Gasteiger partial charge in [0.25, 0.3) is 0 Å². The second kappa shape index (κ2) is 6.67. The van der Waals surface area contributed by atoms with Gasteiger partial charge in [-0.2, -0.15) is 5.26 Å². The van der Waals surface area contributed by atoms with Crippen molar-refractivity contribution < 1.29 is 0 Å². The number of anilines is 1. The first-order chi connectivity index (χ1) is 9.58. The van der Waals surface area contributed by atoms with Crippen LogP contribution >= 0.6 is 34.8 Å². The molecule has 0 bridgehead atoms. The van der Waals surface area contributed by atoms with Crippen LogP contribution in [0.4, 0.5) is 5.69 Å². The molecule has 0 aliphatic carbocycles. The zero-order chi connectivity index (χ0) is 14.5. The van der Waals surface area contributed by atoms with Crippen LogP contribution in [0.1, 0.15) is 5.56 Å². The van der Waals surface area contributed by atoms with E-state index >= 15 is 0 Å². The molecule has 0 fully saturated rings. The summed E-state index contributed by atoms with van der Waals surface area (Å²) in [5, 5.41) is 13.9. The molecule has 20 heavy (non-hydrogen) atoms. The third kappa shape index (κ3) is 3.91. The van der Waals surface area contributed by atoms with Gasteiger partial charge in [0.05, 0.1) is 5.57 Å². The number of allylic oxidation sites excluding steroid dienone is 1. The van der Waals surface area contributed by atoms with Crippen molar-refractivity contribution in [3.63, 3.8) is 0 Å². The number of benzene rings is 2. The van der Waals surface area contributed by atoms with Gasteiger partial charge in [0.15, 0.2) is 0 Å². The SMILES string of the molecule is N#CC(=CNc1cc(Cl)cc(Cl)c1)c1ccc(Cl)cc1. The van der Waals surface area contributed by atoms with E-state index in [0.29, 0.717) is 26.3 Å². The molecule has 0 heterocycles. The number of hydrogen-bond acceptors (Lipinski definition) is 2. The monoisotopic (exact) mass is 322 g/mol. The van der Waals surface area contributed by atoms with Crippen LogP contribution in [0.25, 0.3) is 5.57 Å². The van der Waals surface area contributed by atoms with E-state index in [0.717, 1.165) is 5.56 Å². The van der Waals surface area contributed by atoms with E-state index in [9.17, 15) is 5.26 Å². The fraction of sp³-hybridized carbons (Fsp3) is 0. The average molecular weight is 324 g/mol. The zero-order valence-electron chi connectivity index (χ0n) is 10.2. The summed E-state index contributed by atoms with van der Waals surface area (Å²) in [7, 11) is 0. The Balaban J connectivity index is 2.24. The maximum atomic E-state index is 9.19. The standard InChI is InChI=1S/C15H9Cl3N2/c16-12-3-1-10(2-4-12)11(8-19)9-20-15-6-13(17)5-14(18)7-15/h1-7,9,20H. The summed E-state index contributed by atoms with van der Waals surface area (Å²) < 4.78 is 0. The molecule has 0 saturated heterocycles. The van der Waals surface area contributed by atoms with E-state index in [-0.39, 0.29) is 0 Å². The molecule has 0 aliphatic heterocycles. The van der Waals surface area contributed by atoms with Gasteiger partial charge in [0.1, 0.15) is 6.07 Å². The molecule has 100 valence electrons. The average Bonchev–Trinajstić information content (AvgIpc) is 2.40. The van der Waals surface area contributed by atoms with Crippen LogP contribution in [-0.2, 0) is 0 Å². The summed E-state index contributed by atoms with van der Waals surface area (Å²) in [5.74, 6) is 0. The number of nitrogens with one attached hydrogen (secondary N) is 1. The molecule has 0 radical (unpaired) electrons. The minimum atomic E-state index is 0.484. The van der Waals surface area contributed by atoms with Crippen molar-refractivity contribution in [3.05, 3.63) is 69.3 Å². The molecular weight excluding hydrogens is 315 g/mol. The molecule has 0 saturated carbocycles. The number of nitrogens with zero attached hydrogens (tertiary/aromatic N) is 1. The van der Waals surface area contributed by atoms with Crippen LogP contribution in [0.15, 0.2) is 48.7 Å². The Bertz CT molecular complexity index is 665. The number of nitriles is 1. The Hall–Kier alpha value is -1.66. The fourth-order valence-corrected chi connectivity index (χ4v) is 2.25. The molecule has 2 rings (SSSR count). The summed E-state index contributed by atoms with van der Waals surface area (Å²) in [6.45, 7) is 0. The van der Waals surface area contributed by atoms with Crippen LogP contribution in [0, 0.1) is 11.3 Å². The molecule has 0 aromatic heterocycles. The molecule has 2 nitrogen and oxygen atoms in total. The highest BCUT2D eigenvalue weighted by molar-refractivity contribution is 6.35. The van der Waals surface area contributed by atoms with Crippen LogP contribution in [0.2, 0.25) is 15.1 Å². The Morgan fingerprint density at radius 3 is 2.10 bits per heavy atom. The van der Waals surface area contributed by atoms with Gasteiger partial charge in [-0.1, -0.05) is 46.9 Å². The highest BCUT2D eigenvalue weighted by Gasteiger charge is 2.01. The fourth-order valence-electron chi connectivity index (χ4n) is 1.60. The summed E-state index contributed by atoms with van der Waals surface area (Å²) >= 11 is 17.6. The second-order valence-corrected chi connectivity index (χ2v) is 5.29. The van der Waals surface area contributed by atoms with Crippen molar-refractivity contribution >= 4 is 46.1 Å². The highest BCUT2D eigenvalue weighted by atomic mass is 35.5. The molecule has 0 atom stereocenters. The van der Waals surface area contributed by atoms with Gasteiger partial charge in [-0.3, -0.25) is 0 Å². The van der Waals surface area contributed by atoms with E-state index in [1.165, 1.54) is 0 Å². The lowest BCUT2D eigenvalue weighted by atomic mass is 10.1. The molecule has 0 spiro atoms. The summed E-state index contributed by atoms with van der Waals surface area (Å²) in [6, 6.07) is 14.2. The lowest BCUT2D eigenvalue weighted by Gasteiger charge is -2.04. The molecule has 2 aromatic carbocycles. The van der Waals surface area contributed by atoms with E-state index in [1.54, 1.807) is 48.7 Å². The Morgan fingerprint density at radius 1 is 0.950 bits per heavy atom. The first kappa shape index (κ1) is 14.7. The van der Waals surface area contributed by atoms with Crippen LogP contribution in [0.5, 0.6) is 0 Å². The van der Waals surface area contributed by atoms with Crippen molar-refractivity contribution in [1.29, 1.82) is 5.26 Å². The summed E-state index contributed by atoms with van der Waals surface area (Å²) in [5.41, 5.74) is 1.97. The molecule has 5 heteroatoms. The minimum absolute atomic E-state index is 0.484. The number of halogens is 3. The second-order valence-electron chi connectivity index (χ2n) is 3.98. The van der Waals surface area contributed by atoms with E-state index in [1.807, 2.05) is 0 Å².